The van der Waals surface area contributed by atoms with Crippen LogP contribution in [0.15, 0.2) is 12.1 Å². The molecule has 1 saturated heterocycles. The van der Waals surface area contributed by atoms with E-state index in [1.54, 1.807) is 12.0 Å². The molecule has 0 aliphatic carbocycles. The van der Waals surface area contributed by atoms with Gasteiger partial charge in [0.25, 0.3) is 0 Å². The predicted octanol–water partition coefficient (Wildman–Crippen LogP) is 2.29. The average molecular weight is 361 g/mol. The van der Waals surface area contributed by atoms with Crippen molar-refractivity contribution in [3.8, 4) is 5.75 Å². The second-order valence-electron chi connectivity index (χ2n) is 7.24. The summed E-state index contributed by atoms with van der Waals surface area (Å²) in [5, 5.41) is 0. The van der Waals surface area contributed by atoms with Gasteiger partial charge in [0.15, 0.2) is 5.78 Å². The monoisotopic (exact) mass is 361 g/mol. The molecule has 2 aliphatic rings. The lowest BCUT2D eigenvalue weighted by Gasteiger charge is -2.44. The van der Waals surface area contributed by atoms with Crippen molar-refractivity contribution in [2.24, 2.45) is 0 Å². The maximum atomic E-state index is 12.6. The lowest BCUT2D eigenvalue weighted by atomic mass is 9.82. The van der Waals surface area contributed by atoms with Crippen molar-refractivity contribution in [3.05, 3.63) is 28.8 Å². The van der Waals surface area contributed by atoms with Gasteiger partial charge in [0.05, 0.1) is 25.2 Å². The summed E-state index contributed by atoms with van der Waals surface area (Å²) in [6.45, 7) is 6.15. The van der Waals surface area contributed by atoms with Crippen molar-refractivity contribution < 1.29 is 23.8 Å². The van der Waals surface area contributed by atoms with Gasteiger partial charge in [-0.2, -0.15) is 0 Å². The van der Waals surface area contributed by atoms with Gasteiger partial charge >= 0.3 is 0 Å². The van der Waals surface area contributed by atoms with Crippen LogP contribution in [-0.4, -0.2) is 62.2 Å². The van der Waals surface area contributed by atoms with Gasteiger partial charge in [-0.25, -0.2) is 0 Å². The molecule has 0 unspecified atom stereocenters. The second-order valence-corrected chi connectivity index (χ2v) is 7.24. The molecule has 1 amide bonds. The third-order valence-electron chi connectivity index (χ3n) is 5.39. The van der Waals surface area contributed by atoms with Crippen molar-refractivity contribution >= 4 is 11.7 Å². The number of nitrogens with zero attached hydrogens (tertiary/aromatic N) is 1. The molecule has 6 heteroatoms. The van der Waals surface area contributed by atoms with E-state index in [1.807, 2.05) is 26.0 Å². The van der Waals surface area contributed by atoms with Crippen molar-refractivity contribution in [1.29, 1.82) is 0 Å². The molecule has 0 atom stereocenters. The molecule has 1 spiro atoms. The van der Waals surface area contributed by atoms with Crippen LogP contribution in [0.2, 0.25) is 0 Å². The molecule has 6 nitrogen and oxygen atoms in total. The quantitative estimate of drug-likeness (QED) is 0.753. The maximum absolute atomic E-state index is 12.6. The number of likely N-dealkylation sites (tertiary alicyclic amines) is 1. The third kappa shape index (κ3) is 3.91. The zero-order valence-corrected chi connectivity index (χ0v) is 15.8. The lowest BCUT2D eigenvalue weighted by Crippen LogP contribution is -2.52. The molecular formula is C20H27NO5. The Morgan fingerprint density at radius 3 is 2.58 bits per heavy atom. The number of carbonyl (C=O) groups is 2. The van der Waals surface area contributed by atoms with E-state index in [0.29, 0.717) is 56.9 Å². The SMILES string of the molecule is COCCOCC(=O)N1CCC2(CC1)CC(=O)c1cc(C)c(C)cc1O2. The van der Waals surface area contributed by atoms with Gasteiger partial charge in [-0.15, -0.1) is 0 Å². The van der Waals surface area contributed by atoms with Crippen LogP contribution in [0.1, 0.15) is 40.7 Å². The smallest absolute Gasteiger partial charge is 0.248 e. The summed E-state index contributed by atoms with van der Waals surface area (Å²) in [7, 11) is 1.60. The Balaban J connectivity index is 1.61. The number of ketones is 1. The van der Waals surface area contributed by atoms with Gasteiger partial charge in [-0.1, -0.05) is 0 Å². The minimum absolute atomic E-state index is 0.0232. The molecule has 0 saturated carbocycles. The number of fused-ring (bicyclic) bond motifs is 1. The van der Waals surface area contributed by atoms with Crippen molar-refractivity contribution in [1.82, 2.24) is 4.90 Å². The molecule has 1 aromatic rings. The summed E-state index contributed by atoms with van der Waals surface area (Å²) in [5.74, 6) is 0.800. The first kappa shape index (κ1) is 18.9. The first-order chi connectivity index (χ1) is 12.4. The first-order valence-corrected chi connectivity index (χ1v) is 9.12. The van der Waals surface area contributed by atoms with Crippen LogP contribution in [0.4, 0.5) is 0 Å². The number of piperidine rings is 1. The molecule has 3 rings (SSSR count). The fourth-order valence-corrected chi connectivity index (χ4v) is 3.58. The summed E-state index contributed by atoms with van der Waals surface area (Å²) >= 11 is 0. The molecule has 2 aliphatic heterocycles. The van der Waals surface area contributed by atoms with Crippen LogP contribution in [0.25, 0.3) is 0 Å². The first-order valence-electron chi connectivity index (χ1n) is 9.12. The number of amides is 1. The highest BCUT2D eigenvalue weighted by Crippen LogP contribution is 2.40. The number of rotatable bonds is 5. The molecular weight excluding hydrogens is 334 g/mol. The molecule has 0 N–H and O–H groups in total. The van der Waals surface area contributed by atoms with Crippen LogP contribution in [0, 0.1) is 13.8 Å². The molecule has 1 aromatic carbocycles. The molecule has 2 heterocycles. The van der Waals surface area contributed by atoms with E-state index in [-0.39, 0.29) is 18.3 Å². The third-order valence-corrected chi connectivity index (χ3v) is 5.39. The number of carbonyl (C=O) groups excluding carboxylic acids is 2. The zero-order valence-electron chi connectivity index (χ0n) is 15.8. The van der Waals surface area contributed by atoms with E-state index in [2.05, 4.69) is 0 Å². The summed E-state index contributed by atoms with van der Waals surface area (Å²) in [4.78, 5) is 26.7. The topological polar surface area (TPSA) is 65.1 Å². The van der Waals surface area contributed by atoms with Gasteiger partial charge in [-0.3, -0.25) is 9.59 Å². The number of hydrogen-bond acceptors (Lipinski definition) is 5. The Morgan fingerprint density at radius 2 is 1.88 bits per heavy atom. The number of Topliss-reactive ketones (excluding diaryl/α,β-unsaturated/α-hetero) is 1. The number of aryl methyl sites for hydroxylation is 2. The summed E-state index contributed by atoms with van der Waals surface area (Å²) < 4.78 is 16.5. The van der Waals surface area contributed by atoms with E-state index in [4.69, 9.17) is 14.2 Å². The van der Waals surface area contributed by atoms with Gasteiger partial charge in [0.1, 0.15) is 18.0 Å². The maximum Gasteiger partial charge on any atom is 0.248 e. The highest BCUT2D eigenvalue weighted by atomic mass is 16.5. The van der Waals surface area contributed by atoms with Gasteiger partial charge in [0.2, 0.25) is 5.91 Å². The molecule has 0 radical (unpaired) electrons. The Bertz CT molecular complexity index is 692. The molecule has 26 heavy (non-hydrogen) atoms. The van der Waals surface area contributed by atoms with Gasteiger partial charge < -0.3 is 19.1 Å². The fourth-order valence-electron chi connectivity index (χ4n) is 3.58. The summed E-state index contributed by atoms with van der Waals surface area (Å²) in [6.07, 6.45) is 1.71. The van der Waals surface area contributed by atoms with Crippen LogP contribution in [-0.2, 0) is 14.3 Å². The average Bonchev–Trinajstić information content (AvgIpc) is 2.61. The predicted molar refractivity (Wildman–Crippen MR) is 96.7 cm³/mol. The zero-order chi connectivity index (χ0) is 18.7. The number of ether oxygens (including phenoxy) is 3. The summed E-state index contributed by atoms with van der Waals surface area (Å²) in [5.41, 5.74) is 2.42. The standard InChI is InChI=1S/C20H27NO5/c1-14-10-16-17(22)12-20(26-18(16)11-15(14)2)4-6-21(7-5-20)19(23)13-25-9-8-24-3/h10-11H,4-9,12-13H2,1-3H3. The van der Waals surface area contributed by atoms with Gasteiger partial charge in [-0.05, 0) is 37.1 Å². The largest absolute Gasteiger partial charge is 0.486 e. The summed E-state index contributed by atoms with van der Waals surface area (Å²) in [6, 6.07) is 3.89. The van der Waals surface area contributed by atoms with E-state index >= 15 is 0 Å². The van der Waals surface area contributed by atoms with Crippen LogP contribution >= 0.6 is 0 Å². The highest BCUT2D eigenvalue weighted by molar-refractivity contribution is 6.00. The van der Waals surface area contributed by atoms with Crippen molar-refractivity contribution in [3.63, 3.8) is 0 Å². The molecule has 1 fully saturated rings. The Hall–Kier alpha value is -1.92. The Kier molecular flexibility index (Phi) is 5.63. The van der Waals surface area contributed by atoms with Gasteiger partial charge in [0, 0.05) is 33.0 Å². The second kappa shape index (κ2) is 7.76. The number of methoxy groups -OCH3 is 1. The highest BCUT2D eigenvalue weighted by Gasteiger charge is 2.43. The molecule has 142 valence electrons. The Morgan fingerprint density at radius 1 is 1.19 bits per heavy atom. The normalized spacial score (nSPS) is 18.6. The van der Waals surface area contributed by atoms with Crippen molar-refractivity contribution in [2.75, 3.05) is 40.0 Å². The van der Waals surface area contributed by atoms with Crippen LogP contribution in [0.5, 0.6) is 5.75 Å². The van der Waals surface area contributed by atoms with E-state index in [0.717, 1.165) is 11.1 Å². The number of hydrogen-bond donors (Lipinski definition) is 0. The fraction of sp³-hybridized carbons (Fsp3) is 0.600. The van der Waals surface area contributed by atoms with Crippen LogP contribution in [0.3, 0.4) is 0 Å². The molecule has 0 bridgehead atoms. The van der Waals surface area contributed by atoms with Crippen molar-refractivity contribution in [2.45, 2.75) is 38.7 Å². The molecule has 0 aromatic heterocycles. The minimum atomic E-state index is -0.487. The van der Waals surface area contributed by atoms with E-state index < -0.39 is 5.60 Å². The lowest BCUT2D eigenvalue weighted by molar-refractivity contribution is -0.140. The number of benzene rings is 1. The van der Waals surface area contributed by atoms with E-state index in [9.17, 15) is 9.59 Å². The van der Waals surface area contributed by atoms with E-state index in [1.165, 1.54) is 0 Å². The Labute approximate surface area is 154 Å². The van der Waals surface area contributed by atoms with Crippen LogP contribution < -0.4 is 4.74 Å². The minimum Gasteiger partial charge on any atom is -0.486 e.